The molecule has 1 aromatic rings. The van der Waals surface area contributed by atoms with Crippen LogP contribution in [0.1, 0.15) is 16.8 Å². The monoisotopic (exact) mass is 354 g/mol. The fraction of sp³-hybridized carbons (Fsp3) is 0.364. The van der Waals surface area contributed by atoms with Gasteiger partial charge in [-0.05, 0) is 18.6 Å². The quantitative estimate of drug-likeness (QED) is 0.736. The van der Waals surface area contributed by atoms with Crippen LogP contribution in [-0.2, 0) is 14.6 Å². The molecular formula is C11H12Cl2N2O5S. The number of carboxylic acid groups (broad SMARTS) is 1. The van der Waals surface area contributed by atoms with Crippen LogP contribution in [0, 0.1) is 0 Å². The largest absolute Gasteiger partial charge is 0.480 e. The molecule has 21 heavy (non-hydrogen) atoms. The van der Waals surface area contributed by atoms with Gasteiger partial charge in [-0.2, -0.15) is 0 Å². The molecule has 1 amide bonds. The van der Waals surface area contributed by atoms with E-state index in [-0.39, 0.29) is 28.0 Å². The number of pyridine rings is 1. The second-order valence-electron chi connectivity index (χ2n) is 4.28. The topological polar surface area (TPSA) is 113 Å². The lowest BCUT2D eigenvalue weighted by Crippen LogP contribution is -2.41. The van der Waals surface area contributed by atoms with E-state index in [1.54, 1.807) is 0 Å². The zero-order chi connectivity index (χ0) is 16.2. The van der Waals surface area contributed by atoms with Crippen LogP contribution >= 0.6 is 23.2 Å². The van der Waals surface area contributed by atoms with E-state index < -0.39 is 27.8 Å². The standard InChI is InChI=1S/C11H12Cl2N2O5S/c1-21(19,20)3-2-7(11(17)18)14-10(16)6-4-8(12)15-9(13)5-6/h4-5,7H,2-3H2,1H3,(H,14,16)(H,17,18). The van der Waals surface area contributed by atoms with Crippen molar-refractivity contribution in [1.82, 2.24) is 10.3 Å². The maximum atomic E-state index is 11.9. The molecule has 7 nitrogen and oxygen atoms in total. The van der Waals surface area contributed by atoms with Gasteiger partial charge in [0, 0.05) is 11.8 Å². The highest BCUT2D eigenvalue weighted by atomic mass is 35.5. The highest BCUT2D eigenvalue weighted by molar-refractivity contribution is 7.90. The molecule has 0 aliphatic rings. The molecule has 0 aliphatic heterocycles. The van der Waals surface area contributed by atoms with Gasteiger partial charge in [-0.3, -0.25) is 4.79 Å². The van der Waals surface area contributed by atoms with Crippen molar-refractivity contribution < 1.29 is 23.1 Å². The molecule has 0 bridgehead atoms. The summed E-state index contributed by atoms with van der Waals surface area (Å²) >= 11 is 11.3. The van der Waals surface area contributed by atoms with Crippen LogP contribution in [0.15, 0.2) is 12.1 Å². The lowest BCUT2D eigenvalue weighted by atomic mass is 10.2. The van der Waals surface area contributed by atoms with E-state index in [2.05, 4.69) is 10.3 Å². The fourth-order valence-corrected chi connectivity index (χ4v) is 2.55. The second-order valence-corrected chi connectivity index (χ2v) is 7.32. The SMILES string of the molecule is CS(=O)(=O)CCC(NC(=O)c1cc(Cl)nc(Cl)c1)C(=O)O. The van der Waals surface area contributed by atoms with Crippen LogP contribution in [-0.4, -0.2) is 48.4 Å². The molecule has 2 N–H and O–H groups in total. The van der Waals surface area contributed by atoms with Gasteiger partial charge >= 0.3 is 5.97 Å². The van der Waals surface area contributed by atoms with Crippen LogP contribution in [0.2, 0.25) is 10.3 Å². The predicted octanol–water partition coefficient (Wildman–Crippen LogP) is 1.01. The van der Waals surface area contributed by atoms with Gasteiger partial charge in [0.25, 0.3) is 5.91 Å². The van der Waals surface area contributed by atoms with Crippen LogP contribution < -0.4 is 5.32 Å². The number of carboxylic acids is 1. The Labute approximate surface area is 131 Å². The third-order valence-corrected chi connectivity index (χ3v) is 3.77. The summed E-state index contributed by atoms with van der Waals surface area (Å²) in [7, 11) is -3.33. The first-order chi connectivity index (χ1) is 9.58. The Bertz CT molecular complexity index is 642. The zero-order valence-electron chi connectivity index (χ0n) is 10.8. The van der Waals surface area contributed by atoms with Crippen LogP contribution in [0.3, 0.4) is 0 Å². The molecule has 0 fully saturated rings. The minimum absolute atomic E-state index is 0.0179. The van der Waals surface area contributed by atoms with Gasteiger partial charge in [0.1, 0.15) is 26.2 Å². The number of rotatable bonds is 6. The average Bonchev–Trinajstić information content (AvgIpc) is 2.31. The van der Waals surface area contributed by atoms with E-state index in [9.17, 15) is 18.0 Å². The van der Waals surface area contributed by atoms with Crippen molar-refractivity contribution >= 4 is 44.9 Å². The minimum atomic E-state index is -3.33. The minimum Gasteiger partial charge on any atom is -0.480 e. The first-order valence-corrected chi connectivity index (χ1v) is 8.44. The maximum absolute atomic E-state index is 11.9. The number of amides is 1. The fourth-order valence-electron chi connectivity index (χ4n) is 1.43. The van der Waals surface area contributed by atoms with Crippen molar-refractivity contribution in [3.63, 3.8) is 0 Å². The van der Waals surface area contributed by atoms with Crippen molar-refractivity contribution in [2.45, 2.75) is 12.5 Å². The molecule has 1 aromatic heterocycles. The first kappa shape index (κ1) is 17.7. The van der Waals surface area contributed by atoms with Crippen LogP contribution in [0.5, 0.6) is 0 Å². The van der Waals surface area contributed by atoms with E-state index >= 15 is 0 Å². The Morgan fingerprint density at radius 1 is 1.33 bits per heavy atom. The molecule has 0 radical (unpaired) electrons. The molecule has 0 spiro atoms. The molecule has 1 atom stereocenters. The van der Waals surface area contributed by atoms with Crippen molar-refractivity contribution in [3.8, 4) is 0 Å². The third kappa shape index (κ3) is 6.28. The number of aliphatic carboxylic acids is 1. The molecule has 1 unspecified atom stereocenters. The maximum Gasteiger partial charge on any atom is 0.326 e. The van der Waals surface area contributed by atoms with Crippen molar-refractivity contribution in [2.75, 3.05) is 12.0 Å². The van der Waals surface area contributed by atoms with E-state index in [0.717, 1.165) is 6.26 Å². The normalized spacial score (nSPS) is 12.7. The summed E-state index contributed by atoms with van der Waals surface area (Å²) in [4.78, 5) is 26.6. The molecule has 1 rings (SSSR count). The number of sulfone groups is 1. The molecule has 116 valence electrons. The second kappa shape index (κ2) is 7.06. The van der Waals surface area contributed by atoms with E-state index in [1.165, 1.54) is 12.1 Å². The van der Waals surface area contributed by atoms with Crippen molar-refractivity contribution in [3.05, 3.63) is 28.0 Å². The Morgan fingerprint density at radius 2 is 1.86 bits per heavy atom. The average molecular weight is 355 g/mol. The van der Waals surface area contributed by atoms with Gasteiger partial charge in [-0.15, -0.1) is 0 Å². The Balaban J connectivity index is 2.83. The van der Waals surface area contributed by atoms with Crippen molar-refractivity contribution in [1.29, 1.82) is 0 Å². The lowest BCUT2D eigenvalue weighted by molar-refractivity contribution is -0.139. The van der Waals surface area contributed by atoms with E-state index in [0.29, 0.717) is 0 Å². The first-order valence-electron chi connectivity index (χ1n) is 5.63. The van der Waals surface area contributed by atoms with E-state index in [1.807, 2.05) is 0 Å². The van der Waals surface area contributed by atoms with E-state index in [4.69, 9.17) is 28.3 Å². The zero-order valence-corrected chi connectivity index (χ0v) is 13.2. The van der Waals surface area contributed by atoms with Crippen LogP contribution in [0.4, 0.5) is 0 Å². The number of hydrogen-bond donors (Lipinski definition) is 2. The summed E-state index contributed by atoms with van der Waals surface area (Å²) < 4.78 is 22.1. The highest BCUT2D eigenvalue weighted by Gasteiger charge is 2.22. The van der Waals surface area contributed by atoms with Gasteiger partial charge < -0.3 is 10.4 Å². The number of halogens is 2. The summed E-state index contributed by atoms with van der Waals surface area (Å²) in [5.41, 5.74) is 0.0330. The molecule has 0 aromatic carbocycles. The highest BCUT2D eigenvalue weighted by Crippen LogP contribution is 2.14. The molecule has 0 saturated heterocycles. The summed E-state index contributed by atoms with van der Waals surface area (Å²) in [6.45, 7) is 0. The molecule has 0 aliphatic carbocycles. The molecule has 0 saturated carbocycles. The number of carbonyl (C=O) groups is 2. The van der Waals surface area contributed by atoms with Gasteiger partial charge in [-0.1, -0.05) is 23.2 Å². The number of nitrogens with zero attached hydrogens (tertiary/aromatic N) is 1. The number of nitrogens with one attached hydrogen (secondary N) is 1. The van der Waals surface area contributed by atoms with Gasteiger partial charge in [0.2, 0.25) is 0 Å². The Morgan fingerprint density at radius 3 is 2.29 bits per heavy atom. The van der Waals surface area contributed by atoms with Crippen molar-refractivity contribution in [2.24, 2.45) is 0 Å². The third-order valence-electron chi connectivity index (χ3n) is 2.41. The summed E-state index contributed by atoms with van der Waals surface area (Å²) in [6, 6.07) is 1.11. The van der Waals surface area contributed by atoms with Crippen LogP contribution in [0.25, 0.3) is 0 Å². The Hall–Kier alpha value is -1.38. The Kier molecular flexibility index (Phi) is 5.94. The number of aromatic nitrogens is 1. The summed E-state index contributed by atoms with van der Waals surface area (Å²) in [6.07, 6.45) is 0.739. The summed E-state index contributed by atoms with van der Waals surface area (Å²) in [5, 5.41) is 11.2. The number of hydrogen-bond acceptors (Lipinski definition) is 5. The van der Waals surface area contributed by atoms with Gasteiger partial charge in [0.05, 0.1) is 5.75 Å². The molecular weight excluding hydrogens is 343 g/mol. The summed E-state index contributed by atoms with van der Waals surface area (Å²) in [5.74, 6) is -2.43. The smallest absolute Gasteiger partial charge is 0.326 e. The molecule has 10 heteroatoms. The van der Waals surface area contributed by atoms with Gasteiger partial charge in [-0.25, -0.2) is 18.2 Å². The number of carbonyl (C=O) groups excluding carboxylic acids is 1. The van der Waals surface area contributed by atoms with Gasteiger partial charge in [0.15, 0.2) is 0 Å². The lowest BCUT2D eigenvalue weighted by Gasteiger charge is -2.14. The predicted molar refractivity (Wildman–Crippen MR) is 77.5 cm³/mol. The molecule has 1 heterocycles.